The highest BCUT2D eigenvalue weighted by Gasteiger charge is 2.26. The summed E-state index contributed by atoms with van der Waals surface area (Å²) in [6.07, 6.45) is 3.43. The first-order valence-electron chi connectivity index (χ1n) is 13.2. The minimum Gasteiger partial charge on any atom is -1.00 e. The first-order valence-corrected chi connectivity index (χ1v) is 14.1. The molecular weight excluding hydrogens is 615 g/mol. The van der Waals surface area contributed by atoms with Crippen LogP contribution in [-0.4, -0.2) is 52.8 Å². The summed E-state index contributed by atoms with van der Waals surface area (Å²) in [7, 11) is 8.17. The molecule has 204 valence electrons. The van der Waals surface area contributed by atoms with Gasteiger partial charge in [-0.25, -0.2) is 0 Å². The standard InChI is InChI=1S/C32H37N4OS.HI/c1-6-35(20-12-19-33(2)3)31-21-24(22-32-34(4)28-15-10-11-16-30(28)38-32)27-18-17-26(37-5)23-29(27)36(31)25-13-8-7-9-14-25;/h7-11,13-18,21-23H,6,12,19-20H2,1-5H3;1H/q+1;/p-1. The molecule has 0 fully saturated rings. The van der Waals surface area contributed by atoms with E-state index in [9.17, 15) is 0 Å². The molecule has 3 aromatic carbocycles. The van der Waals surface area contributed by atoms with Crippen LogP contribution in [0.15, 0.2) is 88.8 Å². The SMILES string of the molecule is CCN(CCCN(C)C)c1cc(C=C2Sc3ccccc3N2C)c2ccc(OC)cc2[n+]1-c1ccccc1.[I-]. The first kappa shape index (κ1) is 29.2. The molecule has 39 heavy (non-hydrogen) atoms. The van der Waals surface area contributed by atoms with E-state index in [0.29, 0.717) is 0 Å². The first-order chi connectivity index (χ1) is 18.5. The van der Waals surface area contributed by atoms with E-state index < -0.39 is 0 Å². The fourth-order valence-electron chi connectivity index (χ4n) is 5.07. The van der Waals surface area contributed by atoms with Gasteiger partial charge in [0.2, 0.25) is 0 Å². The predicted molar refractivity (Wildman–Crippen MR) is 162 cm³/mol. The second kappa shape index (κ2) is 13.1. The summed E-state index contributed by atoms with van der Waals surface area (Å²) >= 11 is 1.83. The van der Waals surface area contributed by atoms with Gasteiger partial charge in [0.05, 0.1) is 30.9 Å². The van der Waals surface area contributed by atoms with Crippen LogP contribution in [-0.2, 0) is 0 Å². The second-order valence-corrected chi connectivity index (χ2v) is 10.9. The third-order valence-corrected chi connectivity index (χ3v) is 8.24. The van der Waals surface area contributed by atoms with Crippen LogP contribution >= 0.6 is 11.8 Å². The summed E-state index contributed by atoms with van der Waals surface area (Å²) in [5, 5.41) is 2.42. The molecule has 0 saturated carbocycles. The Morgan fingerprint density at radius 3 is 2.38 bits per heavy atom. The van der Waals surface area contributed by atoms with Crippen molar-refractivity contribution in [2.24, 2.45) is 0 Å². The van der Waals surface area contributed by atoms with Crippen molar-refractivity contribution in [3.05, 3.63) is 89.5 Å². The Kier molecular flexibility index (Phi) is 9.80. The van der Waals surface area contributed by atoms with Gasteiger partial charge in [-0.2, -0.15) is 4.57 Å². The Morgan fingerprint density at radius 1 is 0.949 bits per heavy atom. The molecule has 1 aliphatic rings. The maximum atomic E-state index is 5.70. The molecule has 0 amide bonds. The van der Waals surface area contributed by atoms with Crippen LogP contribution < -0.4 is 43.1 Å². The molecule has 0 unspecified atom stereocenters. The number of benzene rings is 3. The van der Waals surface area contributed by atoms with Gasteiger partial charge in [0.15, 0.2) is 0 Å². The molecule has 5 nitrogen and oxygen atoms in total. The van der Waals surface area contributed by atoms with Crippen LogP contribution in [0.1, 0.15) is 18.9 Å². The monoisotopic (exact) mass is 652 g/mol. The summed E-state index contributed by atoms with van der Waals surface area (Å²) in [5.74, 6) is 2.04. The van der Waals surface area contributed by atoms with Gasteiger partial charge in [0.1, 0.15) is 17.0 Å². The smallest absolute Gasteiger partial charge is 0.282 e. The third kappa shape index (κ3) is 6.21. The van der Waals surface area contributed by atoms with Crippen molar-refractivity contribution in [1.82, 2.24) is 4.90 Å². The van der Waals surface area contributed by atoms with Gasteiger partial charge in [0.25, 0.3) is 5.82 Å². The molecule has 0 bridgehead atoms. The fraction of sp³-hybridized carbons (Fsp3) is 0.281. The van der Waals surface area contributed by atoms with Gasteiger partial charge in [0, 0.05) is 36.0 Å². The molecule has 0 radical (unpaired) electrons. The highest BCUT2D eigenvalue weighted by Crippen LogP contribution is 2.46. The highest BCUT2D eigenvalue weighted by molar-refractivity contribution is 8.03. The molecule has 2 heterocycles. The summed E-state index contributed by atoms with van der Waals surface area (Å²) < 4.78 is 8.09. The van der Waals surface area contributed by atoms with Crippen molar-refractivity contribution < 1.29 is 33.3 Å². The minimum absolute atomic E-state index is 0. The lowest BCUT2D eigenvalue weighted by atomic mass is 10.1. The van der Waals surface area contributed by atoms with Crippen molar-refractivity contribution in [2.75, 3.05) is 57.7 Å². The van der Waals surface area contributed by atoms with Crippen molar-refractivity contribution in [2.45, 2.75) is 18.2 Å². The number of hydrogen-bond acceptors (Lipinski definition) is 5. The molecule has 0 spiro atoms. The molecule has 1 aromatic heterocycles. The van der Waals surface area contributed by atoms with Crippen LogP contribution in [0.4, 0.5) is 11.5 Å². The lowest BCUT2D eigenvalue weighted by Gasteiger charge is -2.22. The number of nitrogens with zero attached hydrogens (tertiary/aromatic N) is 4. The largest absolute Gasteiger partial charge is 1.00 e. The zero-order chi connectivity index (χ0) is 26.6. The molecule has 0 atom stereocenters. The number of fused-ring (bicyclic) bond motifs is 2. The molecule has 0 saturated heterocycles. The summed E-state index contributed by atoms with van der Waals surface area (Å²) in [4.78, 5) is 8.34. The van der Waals surface area contributed by atoms with Crippen molar-refractivity contribution in [3.63, 3.8) is 0 Å². The van der Waals surface area contributed by atoms with Crippen molar-refractivity contribution in [1.29, 1.82) is 0 Å². The molecule has 7 heteroatoms. The van der Waals surface area contributed by atoms with E-state index in [0.717, 1.165) is 43.0 Å². The quantitative estimate of drug-likeness (QED) is 0.204. The van der Waals surface area contributed by atoms with Crippen LogP contribution in [0.2, 0.25) is 0 Å². The van der Waals surface area contributed by atoms with Gasteiger partial charge in [-0.3, -0.25) is 4.90 Å². The molecule has 1 aliphatic heterocycles. The summed E-state index contributed by atoms with van der Waals surface area (Å²) in [5.41, 5.74) is 4.74. The lowest BCUT2D eigenvalue weighted by Crippen LogP contribution is -3.00. The van der Waals surface area contributed by atoms with Crippen LogP contribution in [0, 0.1) is 0 Å². The molecule has 0 aliphatic carbocycles. The number of pyridine rings is 1. The highest BCUT2D eigenvalue weighted by atomic mass is 127. The van der Waals surface area contributed by atoms with Crippen LogP contribution in [0.25, 0.3) is 22.7 Å². The van der Waals surface area contributed by atoms with Gasteiger partial charge < -0.3 is 38.5 Å². The van der Waals surface area contributed by atoms with E-state index in [4.69, 9.17) is 4.74 Å². The number of anilines is 2. The van der Waals surface area contributed by atoms with E-state index in [1.165, 1.54) is 32.4 Å². The average Bonchev–Trinajstić information content (AvgIpc) is 3.25. The average molecular weight is 653 g/mol. The number of ether oxygens (including phenoxy) is 1. The van der Waals surface area contributed by atoms with Gasteiger partial charge in [-0.05, 0) is 75.5 Å². The zero-order valence-electron chi connectivity index (χ0n) is 23.4. The third-order valence-electron chi connectivity index (χ3n) is 7.07. The van der Waals surface area contributed by atoms with Gasteiger partial charge in [-0.15, -0.1) is 0 Å². The lowest BCUT2D eigenvalue weighted by molar-refractivity contribution is -0.553. The number of methoxy groups -OCH3 is 1. The summed E-state index contributed by atoms with van der Waals surface area (Å²) in [6, 6.07) is 28.1. The zero-order valence-corrected chi connectivity index (χ0v) is 26.4. The summed E-state index contributed by atoms with van der Waals surface area (Å²) in [6.45, 7) is 5.20. The maximum absolute atomic E-state index is 5.70. The van der Waals surface area contributed by atoms with E-state index in [-0.39, 0.29) is 24.0 Å². The Hall–Kier alpha value is -2.75. The second-order valence-electron chi connectivity index (χ2n) is 9.86. The molecule has 4 aromatic rings. The van der Waals surface area contributed by atoms with E-state index in [1.54, 1.807) is 7.11 Å². The topological polar surface area (TPSA) is 22.8 Å². The maximum Gasteiger partial charge on any atom is 0.282 e. The Bertz CT molecular complexity index is 1460. The molecular formula is C32H37IN4OS. The van der Waals surface area contributed by atoms with Gasteiger partial charge in [-0.1, -0.05) is 42.1 Å². The van der Waals surface area contributed by atoms with E-state index in [1.807, 2.05) is 11.8 Å². The number of para-hydroxylation sites is 2. The number of thioether (sulfide) groups is 1. The van der Waals surface area contributed by atoms with Crippen LogP contribution in [0.3, 0.4) is 0 Å². The minimum atomic E-state index is 0. The van der Waals surface area contributed by atoms with Crippen LogP contribution in [0.5, 0.6) is 5.75 Å². The number of aromatic nitrogens is 1. The predicted octanol–water partition coefficient (Wildman–Crippen LogP) is 3.45. The van der Waals surface area contributed by atoms with Gasteiger partial charge >= 0.3 is 0 Å². The normalized spacial score (nSPS) is 13.6. The Balaban J connectivity index is 0.00000353. The fourth-order valence-corrected chi connectivity index (χ4v) is 6.17. The van der Waals surface area contributed by atoms with Crippen molar-refractivity contribution in [3.8, 4) is 11.4 Å². The number of halogens is 1. The Morgan fingerprint density at radius 2 is 1.69 bits per heavy atom. The molecule has 5 rings (SSSR count). The Labute approximate surface area is 254 Å². The number of hydrogen-bond donors (Lipinski definition) is 0. The number of rotatable bonds is 9. The van der Waals surface area contributed by atoms with E-state index in [2.05, 4.69) is 132 Å². The molecule has 0 N–H and O–H groups in total. The van der Waals surface area contributed by atoms with Crippen molar-refractivity contribution >= 4 is 40.2 Å². The van der Waals surface area contributed by atoms with E-state index >= 15 is 0 Å².